The van der Waals surface area contributed by atoms with Crippen LogP contribution < -0.4 is 0 Å². The van der Waals surface area contributed by atoms with Gasteiger partial charge in [0.05, 0.1) is 0 Å². The van der Waals surface area contributed by atoms with Crippen LogP contribution in [0.1, 0.15) is 73.1 Å². The summed E-state index contributed by atoms with van der Waals surface area (Å²) in [6, 6.07) is 0. The van der Waals surface area contributed by atoms with Gasteiger partial charge in [-0.3, -0.25) is 0 Å². The number of unbranched alkanes of at least 4 members (excludes halogenated alkanes) is 3. The topological polar surface area (TPSA) is 57.6 Å². The first-order chi connectivity index (χ1) is 12.8. The number of carbonyl (C=O) groups excluding carboxylic acids is 2. The van der Waals surface area contributed by atoms with E-state index >= 15 is 0 Å². The second-order valence-electron chi connectivity index (χ2n) is 8.22. The van der Waals surface area contributed by atoms with Crippen molar-refractivity contribution in [1.29, 1.82) is 0 Å². The summed E-state index contributed by atoms with van der Waals surface area (Å²) in [5.74, 6) is -0.290. The summed E-state index contributed by atoms with van der Waals surface area (Å²) in [6.07, 6.45) is 12.3. The molecule has 0 unspecified atom stereocenters. The molecule has 27 heavy (non-hydrogen) atoms. The maximum atomic E-state index is 12.0. The molecular weight excluding hydrogens is 445 g/mol. The standard InChI is InChI=1S/C10H12NO3.3C4H9.Sn/c1-8(13)10(2,14)11-5-3-4-9(6-11)7-12;3*1-3-4-2;/h4-5,7,14H,6H2,1-2H3;3*1,3-4H2,2H3;/t10-;;;;/m1..../s1. The van der Waals surface area contributed by atoms with Gasteiger partial charge in [-0.2, -0.15) is 0 Å². The predicted molar refractivity (Wildman–Crippen MR) is 115 cm³/mol. The number of allylic oxidation sites excluding steroid dienone is 2. The van der Waals surface area contributed by atoms with E-state index in [4.69, 9.17) is 0 Å². The summed E-state index contributed by atoms with van der Waals surface area (Å²) in [5.41, 5.74) is -0.884. The van der Waals surface area contributed by atoms with Crippen molar-refractivity contribution in [2.24, 2.45) is 0 Å². The van der Waals surface area contributed by atoms with Crippen LogP contribution in [0.3, 0.4) is 0 Å². The van der Waals surface area contributed by atoms with E-state index in [1.807, 2.05) is 6.20 Å². The van der Waals surface area contributed by atoms with Crippen LogP contribution in [0.25, 0.3) is 0 Å². The van der Waals surface area contributed by atoms with E-state index in [2.05, 4.69) is 26.8 Å². The van der Waals surface area contributed by atoms with E-state index in [9.17, 15) is 14.7 Å². The van der Waals surface area contributed by atoms with Crippen LogP contribution in [-0.4, -0.2) is 52.7 Å². The van der Waals surface area contributed by atoms with Crippen LogP contribution in [0.5, 0.6) is 0 Å². The molecule has 0 saturated heterocycles. The number of Topliss-reactive ketones (excluding diaryl/α,β-unsaturated/α-hetero) is 1. The monoisotopic (exact) mass is 485 g/mol. The van der Waals surface area contributed by atoms with Gasteiger partial charge in [0, 0.05) is 0 Å². The summed E-state index contributed by atoms with van der Waals surface area (Å²) in [7, 11) is 0. The Bertz CT molecular complexity index is 544. The van der Waals surface area contributed by atoms with Gasteiger partial charge >= 0.3 is 170 Å². The van der Waals surface area contributed by atoms with Gasteiger partial charge in [-0.1, -0.05) is 0 Å². The van der Waals surface area contributed by atoms with Crippen LogP contribution in [0.15, 0.2) is 21.4 Å². The van der Waals surface area contributed by atoms with Crippen LogP contribution in [-0.2, 0) is 9.59 Å². The Morgan fingerprint density at radius 2 is 1.63 bits per heavy atom. The molecule has 0 fully saturated rings. The number of rotatable bonds is 13. The third kappa shape index (κ3) is 6.45. The van der Waals surface area contributed by atoms with E-state index in [1.54, 1.807) is 11.8 Å². The summed E-state index contributed by atoms with van der Waals surface area (Å²) in [4.78, 5) is 25.4. The van der Waals surface area contributed by atoms with Crippen LogP contribution in [0, 0.1) is 0 Å². The van der Waals surface area contributed by atoms with E-state index < -0.39 is 24.1 Å². The molecule has 1 heterocycles. The second kappa shape index (κ2) is 11.4. The van der Waals surface area contributed by atoms with Crippen molar-refractivity contribution in [1.82, 2.24) is 4.90 Å². The predicted octanol–water partition coefficient (Wildman–Crippen LogP) is 5.00. The number of hydrogen-bond acceptors (Lipinski definition) is 4. The van der Waals surface area contributed by atoms with Crippen molar-refractivity contribution in [3.8, 4) is 0 Å². The molecule has 0 aromatic rings. The molecular formula is C22H39NO3Sn. The third-order valence-corrected chi connectivity index (χ3v) is 21.5. The molecule has 1 aliphatic rings. The van der Waals surface area contributed by atoms with Gasteiger partial charge in [0.2, 0.25) is 0 Å². The number of hydrogen-bond donors (Lipinski definition) is 1. The Kier molecular flexibility index (Phi) is 10.3. The number of nitrogens with zero attached hydrogens (tertiary/aromatic N) is 1. The molecule has 1 aliphatic heterocycles. The average molecular weight is 484 g/mol. The third-order valence-electron chi connectivity index (χ3n) is 6.01. The molecule has 0 amide bonds. The SMILES string of the molecule is CCC[CH2][Sn]([CH2]CCC)([CH2]CCC)[C]1=CN([C@](C)(O)C(C)=O)CC(C=O)=C1. The first kappa shape index (κ1) is 24.4. The molecule has 0 aromatic heterocycles. The molecule has 0 spiro atoms. The number of aliphatic hydroxyl groups is 1. The molecule has 0 bridgehead atoms. The minimum atomic E-state index is -2.74. The zero-order chi connectivity index (χ0) is 20.5. The summed E-state index contributed by atoms with van der Waals surface area (Å²) < 4.78 is 5.18. The molecule has 1 N–H and O–H groups in total. The Morgan fingerprint density at radius 3 is 2.00 bits per heavy atom. The van der Waals surface area contributed by atoms with E-state index in [-0.39, 0.29) is 5.78 Å². The van der Waals surface area contributed by atoms with E-state index in [0.717, 1.165) is 6.29 Å². The van der Waals surface area contributed by atoms with Crippen molar-refractivity contribution in [3.63, 3.8) is 0 Å². The second-order valence-corrected chi connectivity index (χ2v) is 21.5. The maximum absolute atomic E-state index is 12.0. The van der Waals surface area contributed by atoms with Crippen molar-refractivity contribution in [3.05, 3.63) is 21.4 Å². The van der Waals surface area contributed by atoms with Gasteiger partial charge in [-0.15, -0.1) is 0 Å². The zero-order valence-corrected chi connectivity index (χ0v) is 20.9. The van der Waals surface area contributed by atoms with Crippen LogP contribution >= 0.6 is 0 Å². The minimum absolute atomic E-state index is 0.290. The van der Waals surface area contributed by atoms with Crippen molar-refractivity contribution in [2.45, 2.75) is 92.2 Å². The zero-order valence-electron chi connectivity index (χ0n) is 18.0. The molecule has 0 saturated carbocycles. The number of ketones is 1. The summed E-state index contributed by atoms with van der Waals surface area (Å²) in [6.45, 7) is 9.98. The molecule has 1 atom stereocenters. The van der Waals surface area contributed by atoms with Gasteiger partial charge in [-0.05, 0) is 0 Å². The molecule has 0 aromatic carbocycles. The van der Waals surface area contributed by atoms with Gasteiger partial charge in [0.25, 0.3) is 0 Å². The van der Waals surface area contributed by atoms with E-state index in [0.29, 0.717) is 12.1 Å². The normalized spacial score (nSPS) is 17.2. The average Bonchev–Trinajstić information content (AvgIpc) is 2.67. The van der Waals surface area contributed by atoms with Gasteiger partial charge in [0.1, 0.15) is 0 Å². The van der Waals surface area contributed by atoms with E-state index in [1.165, 1.54) is 62.3 Å². The van der Waals surface area contributed by atoms with Crippen molar-refractivity contribution in [2.75, 3.05) is 6.54 Å². The molecule has 154 valence electrons. The quantitative estimate of drug-likeness (QED) is 0.296. The summed E-state index contributed by atoms with van der Waals surface area (Å²) in [5, 5.41) is 10.8. The van der Waals surface area contributed by atoms with Gasteiger partial charge < -0.3 is 0 Å². The van der Waals surface area contributed by atoms with Crippen molar-refractivity contribution >= 4 is 30.4 Å². The Labute approximate surface area is 170 Å². The first-order valence-electron chi connectivity index (χ1n) is 10.7. The molecule has 0 radical (unpaired) electrons. The fourth-order valence-electron chi connectivity index (χ4n) is 3.89. The Balaban J connectivity index is 3.42. The van der Waals surface area contributed by atoms with Gasteiger partial charge in [-0.25, -0.2) is 0 Å². The molecule has 0 aliphatic carbocycles. The molecule has 1 rings (SSSR count). The Hall–Kier alpha value is -0.621. The van der Waals surface area contributed by atoms with Crippen molar-refractivity contribution < 1.29 is 14.7 Å². The van der Waals surface area contributed by atoms with Gasteiger partial charge in [0.15, 0.2) is 0 Å². The number of carbonyl (C=O) groups is 2. The number of aldehydes is 1. The van der Waals surface area contributed by atoms with Crippen LogP contribution in [0.4, 0.5) is 0 Å². The fraction of sp³-hybridized carbons (Fsp3) is 0.727. The molecule has 4 nitrogen and oxygen atoms in total. The van der Waals surface area contributed by atoms with Crippen LogP contribution in [0.2, 0.25) is 13.3 Å². The Morgan fingerprint density at radius 1 is 1.15 bits per heavy atom. The summed E-state index contributed by atoms with van der Waals surface area (Å²) >= 11 is -2.74. The first-order valence-corrected chi connectivity index (χ1v) is 18.1. The molecule has 5 heteroatoms. The fourth-order valence-corrected chi connectivity index (χ4v) is 20.0.